The largest absolute Gasteiger partial charge is 0.350 e. The molecular formula is C18H19FN2. The standard InChI is InChI=1S/C18H19FN2/c1-21-13-15(16-7-3-5-9-18(16)21)12-20-11-10-14-6-2-4-8-17(14)19/h2-9,13,20H,10-12H2,1H3. The third-order valence-electron chi connectivity index (χ3n) is 3.82. The van der Waals surface area contributed by atoms with Gasteiger partial charge in [-0.2, -0.15) is 0 Å². The Bertz CT molecular complexity index is 746. The molecule has 1 aromatic heterocycles. The third kappa shape index (κ3) is 2.98. The number of hydrogen-bond acceptors (Lipinski definition) is 1. The Kier molecular flexibility index (Phi) is 4.02. The molecule has 0 aliphatic rings. The number of hydrogen-bond donors (Lipinski definition) is 1. The first-order valence-corrected chi connectivity index (χ1v) is 7.23. The second-order valence-corrected chi connectivity index (χ2v) is 5.30. The Morgan fingerprint density at radius 2 is 1.76 bits per heavy atom. The molecule has 0 spiro atoms. The zero-order valence-electron chi connectivity index (χ0n) is 12.1. The highest BCUT2D eigenvalue weighted by Gasteiger charge is 2.05. The summed E-state index contributed by atoms with van der Waals surface area (Å²) in [5, 5.41) is 4.68. The normalized spacial score (nSPS) is 11.1. The highest BCUT2D eigenvalue weighted by molar-refractivity contribution is 5.83. The van der Waals surface area contributed by atoms with Crippen molar-refractivity contribution in [2.75, 3.05) is 6.54 Å². The first-order valence-electron chi connectivity index (χ1n) is 7.23. The molecule has 2 nitrogen and oxygen atoms in total. The summed E-state index contributed by atoms with van der Waals surface area (Å²) in [6.45, 7) is 1.57. The minimum atomic E-state index is -0.121. The summed E-state index contributed by atoms with van der Waals surface area (Å²) in [4.78, 5) is 0. The molecule has 0 radical (unpaired) electrons. The zero-order valence-corrected chi connectivity index (χ0v) is 12.1. The number of para-hydroxylation sites is 1. The predicted octanol–water partition coefficient (Wildman–Crippen LogP) is 3.65. The van der Waals surface area contributed by atoms with E-state index in [2.05, 4.69) is 47.4 Å². The van der Waals surface area contributed by atoms with Gasteiger partial charge >= 0.3 is 0 Å². The highest BCUT2D eigenvalue weighted by Crippen LogP contribution is 2.19. The van der Waals surface area contributed by atoms with E-state index in [4.69, 9.17) is 0 Å². The van der Waals surface area contributed by atoms with Gasteiger partial charge in [0.2, 0.25) is 0 Å². The fourth-order valence-electron chi connectivity index (χ4n) is 2.71. The number of fused-ring (bicyclic) bond motifs is 1. The Balaban J connectivity index is 1.61. The van der Waals surface area contributed by atoms with Crippen molar-refractivity contribution in [3.8, 4) is 0 Å². The fourth-order valence-corrected chi connectivity index (χ4v) is 2.71. The number of halogens is 1. The molecule has 2 aromatic carbocycles. The van der Waals surface area contributed by atoms with Gasteiger partial charge in [0.15, 0.2) is 0 Å². The van der Waals surface area contributed by atoms with Crippen LogP contribution in [0.3, 0.4) is 0 Å². The van der Waals surface area contributed by atoms with Gasteiger partial charge in [0.1, 0.15) is 5.82 Å². The quantitative estimate of drug-likeness (QED) is 0.707. The average molecular weight is 282 g/mol. The number of nitrogens with zero attached hydrogens (tertiary/aromatic N) is 1. The van der Waals surface area contributed by atoms with Crippen molar-refractivity contribution in [3.63, 3.8) is 0 Å². The molecule has 21 heavy (non-hydrogen) atoms. The van der Waals surface area contributed by atoms with Crippen molar-refractivity contribution in [2.45, 2.75) is 13.0 Å². The van der Waals surface area contributed by atoms with E-state index in [1.54, 1.807) is 6.07 Å². The lowest BCUT2D eigenvalue weighted by Gasteiger charge is -2.05. The Morgan fingerprint density at radius 1 is 1.00 bits per heavy atom. The van der Waals surface area contributed by atoms with Crippen LogP contribution < -0.4 is 5.32 Å². The lowest BCUT2D eigenvalue weighted by molar-refractivity contribution is 0.598. The van der Waals surface area contributed by atoms with Crippen molar-refractivity contribution in [3.05, 3.63) is 71.7 Å². The van der Waals surface area contributed by atoms with Crippen LogP contribution in [0, 0.1) is 5.82 Å². The molecule has 3 rings (SSSR count). The smallest absolute Gasteiger partial charge is 0.126 e. The van der Waals surface area contributed by atoms with E-state index in [0.29, 0.717) is 6.42 Å². The lowest BCUT2D eigenvalue weighted by Crippen LogP contribution is -2.17. The lowest BCUT2D eigenvalue weighted by atomic mass is 10.1. The second-order valence-electron chi connectivity index (χ2n) is 5.30. The number of aromatic nitrogens is 1. The molecule has 1 heterocycles. The van der Waals surface area contributed by atoms with Gasteiger partial charge in [-0.05, 0) is 36.2 Å². The fraction of sp³-hybridized carbons (Fsp3) is 0.222. The van der Waals surface area contributed by atoms with Crippen molar-refractivity contribution < 1.29 is 4.39 Å². The van der Waals surface area contributed by atoms with Crippen LogP contribution in [0.4, 0.5) is 4.39 Å². The highest BCUT2D eigenvalue weighted by atomic mass is 19.1. The van der Waals surface area contributed by atoms with Gasteiger partial charge < -0.3 is 9.88 Å². The summed E-state index contributed by atoms with van der Waals surface area (Å²) in [6, 6.07) is 15.3. The SMILES string of the molecule is Cn1cc(CNCCc2ccccc2F)c2ccccc21. The van der Waals surface area contributed by atoms with Crippen molar-refractivity contribution in [1.29, 1.82) is 0 Å². The molecule has 0 saturated heterocycles. The molecule has 0 amide bonds. The number of benzene rings is 2. The Labute approximate surface area is 124 Å². The predicted molar refractivity (Wildman–Crippen MR) is 84.7 cm³/mol. The molecule has 0 atom stereocenters. The van der Waals surface area contributed by atoms with Crippen LogP contribution in [-0.2, 0) is 20.0 Å². The minimum absolute atomic E-state index is 0.121. The molecule has 0 saturated carbocycles. The Hall–Kier alpha value is -2.13. The molecule has 0 fully saturated rings. The van der Waals surface area contributed by atoms with Crippen molar-refractivity contribution in [2.24, 2.45) is 7.05 Å². The van der Waals surface area contributed by atoms with Crippen LogP contribution in [0.25, 0.3) is 10.9 Å². The van der Waals surface area contributed by atoms with Crippen LogP contribution in [0.2, 0.25) is 0 Å². The summed E-state index contributed by atoms with van der Waals surface area (Å²) in [5.74, 6) is -0.121. The van der Waals surface area contributed by atoms with Crippen molar-refractivity contribution >= 4 is 10.9 Å². The third-order valence-corrected chi connectivity index (χ3v) is 3.82. The monoisotopic (exact) mass is 282 g/mol. The van der Waals surface area contributed by atoms with Crippen LogP contribution in [0.5, 0.6) is 0 Å². The van der Waals surface area contributed by atoms with Crippen LogP contribution in [0.15, 0.2) is 54.7 Å². The second kappa shape index (κ2) is 6.10. The van der Waals surface area contributed by atoms with Gasteiger partial charge in [-0.15, -0.1) is 0 Å². The van der Waals surface area contributed by atoms with E-state index < -0.39 is 0 Å². The molecule has 1 N–H and O–H groups in total. The Morgan fingerprint density at radius 3 is 2.62 bits per heavy atom. The molecular weight excluding hydrogens is 263 g/mol. The summed E-state index contributed by atoms with van der Waals surface area (Å²) in [7, 11) is 2.06. The number of nitrogens with one attached hydrogen (secondary N) is 1. The first-order chi connectivity index (χ1) is 10.3. The van der Waals surface area contributed by atoms with Gasteiger partial charge in [-0.3, -0.25) is 0 Å². The number of aryl methyl sites for hydroxylation is 1. The number of rotatable bonds is 5. The van der Waals surface area contributed by atoms with Gasteiger partial charge in [-0.1, -0.05) is 36.4 Å². The molecule has 0 unspecified atom stereocenters. The van der Waals surface area contributed by atoms with Gasteiger partial charge in [0, 0.05) is 30.7 Å². The van der Waals surface area contributed by atoms with E-state index in [1.165, 1.54) is 22.5 Å². The maximum atomic E-state index is 13.5. The van der Waals surface area contributed by atoms with Crippen LogP contribution >= 0.6 is 0 Å². The van der Waals surface area contributed by atoms with Crippen molar-refractivity contribution in [1.82, 2.24) is 9.88 Å². The molecule has 0 bridgehead atoms. The summed E-state index contributed by atoms with van der Waals surface area (Å²) >= 11 is 0. The minimum Gasteiger partial charge on any atom is -0.350 e. The van der Waals surface area contributed by atoms with E-state index in [1.807, 2.05) is 12.1 Å². The topological polar surface area (TPSA) is 17.0 Å². The summed E-state index contributed by atoms with van der Waals surface area (Å²) in [5.41, 5.74) is 3.29. The first kappa shape index (κ1) is 13.8. The maximum Gasteiger partial charge on any atom is 0.126 e. The van der Waals surface area contributed by atoms with Crippen LogP contribution in [0.1, 0.15) is 11.1 Å². The van der Waals surface area contributed by atoms with Crippen LogP contribution in [-0.4, -0.2) is 11.1 Å². The van der Waals surface area contributed by atoms with Gasteiger partial charge in [0.05, 0.1) is 0 Å². The molecule has 108 valence electrons. The zero-order chi connectivity index (χ0) is 14.7. The van der Waals surface area contributed by atoms with E-state index in [9.17, 15) is 4.39 Å². The maximum absolute atomic E-state index is 13.5. The van der Waals surface area contributed by atoms with E-state index in [-0.39, 0.29) is 5.82 Å². The summed E-state index contributed by atoms with van der Waals surface area (Å²) < 4.78 is 15.7. The molecule has 0 aliphatic heterocycles. The van der Waals surface area contributed by atoms with E-state index in [0.717, 1.165) is 18.7 Å². The van der Waals surface area contributed by atoms with E-state index >= 15 is 0 Å². The summed E-state index contributed by atoms with van der Waals surface area (Å²) in [6.07, 6.45) is 2.86. The van der Waals surface area contributed by atoms with Gasteiger partial charge in [0.25, 0.3) is 0 Å². The molecule has 3 heteroatoms. The molecule has 3 aromatic rings. The van der Waals surface area contributed by atoms with Gasteiger partial charge in [-0.25, -0.2) is 4.39 Å². The average Bonchev–Trinajstić information content (AvgIpc) is 2.82. The molecule has 0 aliphatic carbocycles.